The highest BCUT2D eigenvalue weighted by atomic mass is 19.4. The zero-order valence-corrected chi connectivity index (χ0v) is 8.69. The predicted molar refractivity (Wildman–Crippen MR) is 53.1 cm³/mol. The first kappa shape index (κ1) is 13.8. The van der Waals surface area contributed by atoms with E-state index in [1.807, 2.05) is 0 Å². The van der Waals surface area contributed by atoms with E-state index in [9.17, 15) is 18.3 Å². The van der Waals surface area contributed by atoms with Gasteiger partial charge in [0.25, 0.3) is 0 Å². The van der Waals surface area contributed by atoms with Gasteiger partial charge in [0.05, 0.1) is 18.8 Å². The van der Waals surface area contributed by atoms with Crippen molar-refractivity contribution in [2.45, 2.75) is 18.5 Å². The topological polar surface area (TPSA) is 75.7 Å². The van der Waals surface area contributed by atoms with Crippen molar-refractivity contribution < 1.29 is 28.1 Å². The lowest BCUT2D eigenvalue weighted by Crippen LogP contribution is -2.31. The number of hydrogen-bond acceptors (Lipinski definition) is 4. The summed E-state index contributed by atoms with van der Waals surface area (Å²) in [6.45, 7) is -0.481. The fourth-order valence-corrected chi connectivity index (χ4v) is 1.24. The molecule has 0 heterocycles. The molecule has 0 aliphatic carbocycles. The van der Waals surface area contributed by atoms with E-state index in [4.69, 9.17) is 10.8 Å². The van der Waals surface area contributed by atoms with Crippen molar-refractivity contribution in [3.63, 3.8) is 0 Å². The minimum absolute atomic E-state index is 0.147. The lowest BCUT2D eigenvalue weighted by Gasteiger charge is -2.17. The summed E-state index contributed by atoms with van der Waals surface area (Å²) in [5.74, 6) is -0.445. The molecule has 0 amide bonds. The molecule has 0 fully saturated rings. The number of ether oxygens (including phenoxy) is 1. The molecule has 17 heavy (non-hydrogen) atoms. The molecule has 4 N–H and O–H groups in total. The van der Waals surface area contributed by atoms with Crippen LogP contribution in [0.15, 0.2) is 24.3 Å². The minimum Gasteiger partial charge on any atom is -0.406 e. The van der Waals surface area contributed by atoms with Gasteiger partial charge >= 0.3 is 6.36 Å². The Morgan fingerprint density at radius 2 is 2.00 bits per heavy atom. The fraction of sp³-hybridized carbons (Fsp3) is 0.400. The van der Waals surface area contributed by atoms with Crippen LogP contribution in [0.1, 0.15) is 11.7 Å². The Bertz CT molecular complexity index is 370. The number of nitrogens with two attached hydrogens (primary N) is 1. The molecule has 0 bridgehead atoms. The smallest absolute Gasteiger partial charge is 0.406 e. The zero-order valence-electron chi connectivity index (χ0n) is 8.69. The van der Waals surface area contributed by atoms with Crippen LogP contribution in [0, 0.1) is 0 Å². The molecule has 0 spiro atoms. The molecule has 0 aromatic heterocycles. The van der Waals surface area contributed by atoms with Crippen LogP contribution in [0.25, 0.3) is 0 Å². The molecule has 0 aliphatic heterocycles. The van der Waals surface area contributed by atoms with E-state index in [1.165, 1.54) is 12.1 Å². The third kappa shape index (κ3) is 4.22. The van der Waals surface area contributed by atoms with Gasteiger partial charge in [-0.3, -0.25) is 0 Å². The second-order valence-corrected chi connectivity index (χ2v) is 3.41. The Balaban J connectivity index is 2.86. The summed E-state index contributed by atoms with van der Waals surface area (Å²) in [5, 5.41) is 18.3. The first-order valence-electron chi connectivity index (χ1n) is 4.73. The van der Waals surface area contributed by atoms with E-state index in [0.717, 1.165) is 12.1 Å². The van der Waals surface area contributed by atoms with Crippen LogP contribution in [0.5, 0.6) is 5.75 Å². The average molecular weight is 251 g/mol. The van der Waals surface area contributed by atoms with Gasteiger partial charge in [0.1, 0.15) is 5.75 Å². The highest BCUT2D eigenvalue weighted by Gasteiger charge is 2.31. The van der Waals surface area contributed by atoms with Crippen LogP contribution in [0.3, 0.4) is 0 Å². The Labute approximate surface area is 95.4 Å². The van der Waals surface area contributed by atoms with Gasteiger partial charge in [0.15, 0.2) is 0 Å². The van der Waals surface area contributed by atoms with Crippen molar-refractivity contribution in [2.24, 2.45) is 5.73 Å². The number of benzene rings is 1. The van der Waals surface area contributed by atoms with Gasteiger partial charge in [-0.15, -0.1) is 13.2 Å². The first-order chi connectivity index (χ1) is 7.83. The van der Waals surface area contributed by atoms with Crippen molar-refractivity contribution in [1.82, 2.24) is 0 Å². The third-order valence-corrected chi connectivity index (χ3v) is 2.05. The lowest BCUT2D eigenvalue weighted by molar-refractivity contribution is -0.274. The lowest BCUT2D eigenvalue weighted by atomic mass is 10.0. The predicted octanol–water partition coefficient (Wildman–Crippen LogP) is 0.938. The summed E-state index contributed by atoms with van der Waals surface area (Å²) >= 11 is 0. The van der Waals surface area contributed by atoms with E-state index < -0.39 is 30.9 Å². The molecule has 1 aromatic rings. The second-order valence-electron chi connectivity index (χ2n) is 3.41. The van der Waals surface area contributed by atoms with Gasteiger partial charge in [-0.25, -0.2) is 0 Å². The molecule has 1 aromatic carbocycles. The number of rotatable bonds is 4. The number of aliphatic hydroxyl groups excluding tert-OH is 2. The molecule has 4 nitrogen and oxygen atoms in total. The molecule has 0 saturated carbocycles. The van der Waals surface area contributed by atoms with Gasteiger partial charge in [0, 0.05) is 0 Å². The molecule has 0 aliphatic rings. The van der Waals surface area contributed by atoms with Gasteiger partial charge < -0.3 is 20.7 Å². The van der Waals surface area contributed by atoms with Gasteiger partial charge in [-0.05, 0) is 17.7 Å². The zero-order chi connectivity index (χ0) is 13.1. The molecule has 1 rings (SSSR count). The number of alkyl halides is 3. The highest BCUT2D eigenvalue weighted by molar-refractivity contribution is 5.30. The summed E-state index contributed by atoms with van der Waals surface area (Å²) in [6, 6.07) is 3.85. The number of hydrogen-bond donors (Lipinski definition) is 3. The van der Waals surface area contributed by atoms with E-state index in [0.29, 0.717) is 0 Å². The molecule has 0 saturated heterocycles. The van der Waals surface area contributed by atoms with E-state index in [-0.39, 0.29) is 5.56 Å². The Morgan fingerprint density at radius 3 is 2.53 bits per heavy atom. The Kier molecular flexibility index (Phi) is 4.33. The minimum atomic E-state index is -4.79. The Morgan fingerprint density at radius 1 is 1.35 bits per heavy atom. The summed E-state index contributed by atoms with van der Waals surface area (Å²) in [6.07, 6.45) is -6.04. The molecule has 2 unspecified atom stereocenters. The number of halogens is 3. The summed E-state index contributed by atoms with van der Waals surface area (Å²) in [5.41, 5.74) is 5.51. The van der Waals surface area contributed by atoms with E-state index in [1.54, 1.807) is 0 Å². The standard InChI is InChI=1S/C10H12F3NO3/c11-10(12,13)17-7-3-1-2-6(4-7)9(16)8(14)5-15/h1-4,8-9,15-16H,5,14H2. The normalized spacial score (nSPS) is 15.4. The molecule has 7 heteroatoms. The SMILES string of the molecule is NC(CO)C(O)c1cccc(OC(F)(F)F)c1. The molecule has 0 radical (unpaired) electrons. The van der Waals surface area contributed by atoms with Crippen LogP contribution in [-0.2, 0) is 0 Å². The van der Waals surface area contributed by atoms with Crippen molar-refractivity contribution in [3.05, 3.63) is 29.8 Å². The van der Waals surface area contributed by atoms with E-state index >= 15 is 0 Å². The maximum Gasteiger partial charge on any atom is 0.573 e. The molecular weight excluding hydrogens is 239 g/mol. The van der Waals surface area contributed by atoms with Crippen molar-refractivity contribution in [3.8, 4) is 5.75 Å². The van der Waals surface area contributed by atoms with Crippen molar-refractivity contribution in [2.75, 3.05) is 6.61 Å². The number of aliphatic hydroxyl groups is 2. The molecule has 2 atom stereocenters. The molecular formula is C10H12F3NO3. The van der Waals surface area contributed by atoms with E-state index in [2.05, 4.69) is 4.74 Å². The van der Waals surface area contributed by atoms with Crippen LogP contribution in [0.4, 0.5) is 13.2 Å². The second kappa shape index (κ2) is 5.35. The summed E-state index contributed by atoms with van der Waals surface area (Å²) in [7, 11) is 0. The van der Waals surface area contributed by atoms with Crippen LogP contribution >= 0.6 is 0 Å². The van der Waals surface area contributed by atoms with Gasteiger partial charge in [0.2, 0.25) is 0 Å². The highest BCUT2D eigenvalue weighted by Crippen LogP contribution is 2.26. The van der Waals surface area contributed by atoms with Crippen LogP contribution in [0.2, 0.25) is 0 Å². The van der Waals surface area contributed by atoms with Crippen LogP contribution < -0.4 is 10.5 Å². The van der Waals surface area contributed by atoms with Crippen molar-refractivity contribution in [1.29, 1.82) is 0 Å². The quantitative estimate of drug-likeness (QED) is 0.744. The largest absolute Gasteiger partial charge is 0.573 e. The van der Waals surface area contributed by atoms with Gasteiger partial charge in [-0.1, -0.05) is 12.1 Å². The average Bonchev–Trinajstić information content (AvgIpc) is 2.25. The van der Waals surface area contributed by atoms with Crippen LogP contribution in [-0.4, -0.2) is 29.2 Å². The fourth-order valence-electron chi connectivity index (χ4n) is 1.24. The maximum atomic E-state index is 11.9. The van der Waals surface area contributed by atoms with Gasteiger partial charge in [-0.2, -0.15) is 0 Å². The summed E-state index contributed by atoms with van der Waals surface area (Å²) < 4.78 is 39.5. The summed E-state index contributed by atoms with van der Waals surface area (Å²) in [4.78, 5) is 0. The van der Waals surface area contributed by atoms with Crippen molar-refractivity contribution >= 4 is 0 Å². The third-order valence-electron chi connectivity index (χ3n) is 2.05. The first-order valence-corrected chi connectivity index (χ1v) is 4.73. The molecule has 96 valence electrons. The monoisotopic (exact) mass is 251 g/mol. The maximum absolute atomic E-state index is 11.9. The Hall–Kier alpha value is -1.31.